The van der Waals surface area contributed by atoms with E-state index in [9.17, 15) is 0 Å². The molecule has 0 saturated carbocycles. The Bertz CT molecular complexity index is 187. The Kier molecular flexibility index (Phi) is 4.31. The van der Waals surface area contributed by atoms with Crippen LogP contribution in [0.1, 0.15) is 19.8 Å². The molecule has 1 N–H and O–H groups in total. The minimum atomic E-state index is 0.0519. The third-order valence-electron chi connectivity index (χ3n) is 3.24. The first-order valence-electron chi connectivity index (χ1n) is 5.90. The van der Waals surface area contributed by atoms with E-state index in [-0.39, 0.29) is 5.60 Å². The largest absolute Gasteiger partial charge is 0.380 e. The number of thioether (sulfide) groups is 1. The number of morpholine rings is 1. The summed E-state index contributed by atoms with van der Waals surface area (Å²) in [5.74, 6) is 2.41. The van der Waals surface area contributed by atoms with Gasteiger partial charge in [0.2, 0.25) is 0 Å². The van der Waals surface area contributed by atoms with Crippen LogP contribution >= 0.6 is 11.8 Å². The topological polar surface area (TPSA) is 30.5 Å². The molecule has 0 aromatic carbocycles. The first-order chi connectivity index (χ1) is 7.37. The SMILES string of the molecule is CCOCC1NCCOC12CCCSC2. The maximum Gasteiger partial charge on any atom is 0.0947 e. The van der Waals surface area contributed by atoms with Crippen molar-refractivity contribution in [2.75, 3.05) is 37.9 Å². The Morgan fingerprint density at radius 2 is 2.53 bits per heavy atom. The van der Waals surface area contributed by atoms with Crippen LogP contribution in [0.25, 0.3) is 0 Å². The van der Waals surface area contributed by atoms with Gasteiger partial charge in [-0.05, 0) is 25.5 Å². The van der Waals surface area contributed by atoms with E-state index in [1.54, 1.807) is 0 Å². The summed E-state index contributed by atoms with van der Waals surface area (Å²) in [6, 6.07) is 0.388. The molecule has 2 aliphatic rings. The summed E-state index contributed by atoms with van der Waals surface area (Å²) >= 11 is 2.02. The highest BCUT2D eigenvalue weighted by molar-refractivity contribution is 7.99. The van der Waals surface area contributed by atoms with Gasteiger partial charge in [0.1, 0.15) is 0 Å². The van der Waals surface area contributed by atoms with Gasteiger partial charge in [0.25, 0.3) is 0 Å². The van der Waals surface area contributed by atoms with Crippen molar-refractivity contribution < 1.29 is 9.47 Å². The molecule has 0 aliphatic carbocycles. The van der Waals surface area contributed by atoms with Crippen LogP contribution in [0.2, 0.25) is 0 Å². The van der Waals surface area contributed by atoms with E-state index >= 15 is 0 Å². The van der Waals surface area contributed by atoms with E-state index in [1.807, 2.05) is 18.7 Å². The highest BCUT2D eigenvalue weighted by Gasteiger charge is 2.43. The summed E-state index contributed by atoms with van der Waals surface area (Å²) in [7, 11) is 0. The van der Waals surface area contributed by atoms with E-state index < -0.39 is 0 Å². The van der Waals surface area contributed by atoms with E-state index in [4.69, 9.17) is 9.47 Å². The van der Waals surface area contributed by atoms with Crippen LogP contribution in [0.15, 0.2) is 0 Å². The van der Waals surface area contributed by atoms with Crippen molar-refractivity contribution in [3.05, 3.63) is 0 Å². The lowest BCUT2D eigenvalue weighted by atomic mass is 9.89. The summed E-state index contributed by atoms with van der Waals surface area (Å²) in [6.07, 6.45) is 2.46. The fraction of sp³-hybridized carbons (Fsp3) is 1.00. The Morgan fingerprint density at radius 1 is 1.60 bits per heavy atom. The van der Waals surface area contributed by atoms with Crippen molar-refractivity contribution in [2.24, 2.45) is 0 Å². The maximum absolute atomic E-state index is 6.05. The Morgan fingerprint density at radius 3 is 3.27 bits per heavy atom. The van der Waals surface area contributed by atoms with Crippen molar-refractivity contribution in [2.45, 2.75) is 31.4 Å². The highest BCUT2D eigenvalue weighted by Crippen LogP contribution is 2.34. The normalized spacial score (nSPS) is 37.0. The monoisotopic (exact) mass is 231 g/mol. The van der Waals surface area contributed by atoms with Crippen LogP contribution in [-0.2, 0) is 9.47 Å². The van der Waals surface area contributed by atoms with Crippen LogP contribution in [0.3, 0.4) is 0 Å². The van der Waals surface area contributed by atoms with Crippen LogP contribution in [0.4, 0.5) is 0 Å². The number of hydrogen-bond acceptors (Lipinski definition) is 4. The van der Waals surface area contributed by atoms with E-state index in [0.717, 1.165) is 32.1 Å². The third-order valence-corrected chi connectivity index (χ3v) is 4.51. The van der Waals surface area contributed by atoms with Gasteiger partial charge in [-0.2, -0.15) is 11.8 Å². The van der Waals surface area contributed by atoms with Crippen LogP contribution in [0, 0.1) is 0 Å². The Labute approximate surface area is 96.3 Å². The fourth-order valence-electron chi connectivity index (χ4n) is 2.40. The smallest absolute Gasteiger partial charge is 0.0947 e. The summed E-state index contributed by atoms with van der Waals surface area (Å²) in [6.45, 7) is 5.44. The molecule has 2 rings (SSSR count). The van der Waals surface area contributed by atoms with Gasteiger partial charge >= 0.3 is 0 Å². The van der Waals surface area contributed by atoms with Crippen molar-refractivity contribution in [3.63, 3.8) is 0 Å². The molecule has 2 heterocycles. The third kappa shape index (κ3) is 2.67. The second-order valence-corrected chi connectivity index (χ2v) is 5.34. The van der Waals surface area contributed by atoms with E-state index in [1.165, 1.54) is 18.6 Å². The molecule has 2 fully saturated rings. The van der Waals surface area contributed by atoms with Crippen molar-refractivity contribution in [1.82, 2.24) is 5.32 Å². The first kappa shape index (κ1) is 11.7. The van der Waals surface area contributed by atoms with Crippen molar-refractivity contribution in [1.29, 1.82) is 0 Å². The lowest BCUT2D eigenvalue weighted by Crippen LogP contribution is -2.62. The highest BCUT2D eigenvalue weighted by atomic mass is 32.2. The van der Waals surface area contributed by atoms with Gasteiger partial charge in [0, 0.05) is 18.9 Å². The maximum atomic E-state index is 6.05. The van der Waals surface area contributed by atoms with Gasteiger partial charge in [-0.3, -0.25) is 0 Å². The predicted octanol–water partition coefficient (Wildman–Crippen LogP) is 1.28. The number of nitrogens with one attached hydrogen (secondary N) is 1. The van der Waals surface area contributed by atoms with E-state index in [2.05, 4.69) is 5.32 Å². The zero-order valence-corrected chi connectivity index (χ0v) is 10.3. The second-order valence-electron chi connectivity index (χ2n) is 4.24. The van der Waals surface area contributed by atoms with Gasteiger partial charge in [0.05, 0.1) is 24.9 Å². The minimum absolute atomic E-state index is 0.0519. The molecular formula is C11H21NO2S. The molecule has 0 radical (unpaired) electrons. The molecule has 4 heteroatoms. The zero-order chi connectivity index (χ0) is 10.6. The number of ether oxygens (including phenoxy) is 2. The predicted molar refractivity (Wildman–Crippen MR) is 63.5 cm³/mol. The van der Waals surface area contributed by atoms with Gasteiger partial charge in [-0.15, -0.1) is 0 Å². The molecule has 0 aromatic heterocycles. The number of rotatable bonds is 3. The Balaban J connectivity index is 1.97. The average molecular weight is 231 g/mol. The lowest BCUT2D eigenvalue weighted by molar-refractivity contribution is -0.104. The fourth-order valence-corrected chi connectivity index (χ4v) is 3.67. The zero-order valence-electron chi connectivity index (χ0n) is 9.46. The average Bonchev–Trinajstić information content (AvgIpc) is 2.29. The molecule has 2 atom stereocenters. The summed E-state index contributed by atoms with van der Waals surface area (Å²) in [5.41, 5.74) is 0.0519. The van der Waals surface area contributed by atoms with Gasteiger partial charge in [-0.25, -0.2) is 0 Å². The van der Waals surface area contributed by atoms with Crippen LogP contribution in [-0.4, -0.2) is 49.5 Å². The molecule has 2 aliphatic heterocycles. The number of hydrogen-bond donors (Lipinski definition) is 1. The van der Waals surface area contributed by atoms with E-state index in [0.29, 0.717) is 6.04 Å². The molecule has 3 nitrogen and oxygen atoms in total. The van der Waals surface area contributed by atoms with Crippen LogP contribution < -0.4 is 5.32 Å². The summed E-state index contributed by atoms with van der Waals surface area (Å²) in [4.78, 5) is 0. The molecule has 88 valence electrons. The molecule has 0 amide bonds. The molecule has 2 saturated heterocycles. The molecule has 0 bridgehead atoms. The summed E-state index contributed by atoms with van der Waals surface area (Å²) in [5, 5.41) is 3.55. The lowest BCUT2D eigenvalue weighted by Gasteiger charge is -2.46. The Hall–Kier alpha value is 0.230. The van der Waals surface area contributed by atoms with Crippen molar-refractivity contribution >= 4 is 11.8 Å². The first-order valence-corrected chi connectivity index (χ1v) is 7.06. The second kappa shape index (κ2) is 5.53. The van der Waals surface area contributed by atoms with Gasteiger partial charge < -0.3 is 14.8 Å². The minimum Gasteiger partial charge on any atom is -0.380 e. The van der Waals surface area contributed by atoms with Crippen molar-refractivity contribution in [3.8, 4) is 0 Å². The standard InChI is InChI=1S/C11H21NO2S/c1-2-13-8-10-11(14-6-5-12-10)4-3-7-15-9-11/h10,12H,2-9H2,1H3. The van der Waals surface area contributed by atoms with Gasteiger partial charge in [-0.1, -0.05) is 0 Å². The molecule has 2 unspecified atom stereocenters. The molecule has 15 heavy (non-hydrogen) atoms. The van der Waals surface area contributed by atoms with Crippen LogP contribution in [0.5, 0.6) is 0 Å². The quantitative estimate of drug-likeness (QED) is 0.792. The molecule has 1 spiro atoms. The van der Waals surface area contributed by atoms with Gasteiger partial charge in [0.15, 0.2) is 0 Å². The molecular weight excluding hydrogens is 210 g/mol. The molecule has 0 aromatic rings. The summed E-state index contributed by atoms with van der Waals surface area (Å²) < 4.78 is 11.6.